The molecule has 7 heteroatoms. The van der Waals surface area contributed by atoms with E-state index in [1.807, 2.05) is 18.2 Å². The largest absolute Gasteiger partial charge is 0.438 e. The number of carbonyl (C=O) groups excluding carboxylic acids is 1. The van der Waals surface area contributed by atoms with Gasteiger partial charge in [0.2, 0.25) is 5.09 Å². The molecule has 0 unspecified atom stereocenters. The summed E-state index contributed by atoms with van der Waals surface area (Å²) in [5.41, 5.74) is 1.23. The van der Waals surface area contributed by atoms with E-state index in [0.29, 0.717) is 19.6 Å². The number of hydrogen-bond acceptors (Lipinski definition) is 4. The van der Waals surface area contributed by atoms with Crippen LogP contribution in [-0.2, 0) is 16.4 Å². The van der Waals surface area contributed by atoms with Gasteiger partial charge >= 0.3 is 0 Å². The van der Waals surface area contributed by atoms with Crippen LogP contribution in [0.4, 0.5) is 0 Å². The maximum atomic E-state index is 12.6. The molecule has 27 heavy (non-hydrogen) atoms. The molecule has 1 aliphatic rings. The fourth-order valence-corrected chi connectivity index (χ4v) is 4.69. The van der Waals surface area contributed by atoms with Crippen molar-refractivity contribution in [3.05, 3.63) is 53.8 Å². The third kappa shape index (κ3) is 4.78. The lowest BCUT2D eigenvalue weighted by Gasteiger charge is -2.24. The van der Waals surface area contributed by atoms with Crippen molar-refractivity contribution in [2.75, 3.05) is 26.7 Å². The van der Waals surface area contributed by atoms with Crippen molar-refractivity contribution in [1.29, 1.82) is 0 Å². The monoisotopic (exact) mass is 390 g/mol. The molecule has 2 heterocycles. The van der Waals surface area contributed by atoms with E-state index in [1.54, 1.807) is 11.9 Å². The van der Waals surface area contributed by atoms with Gasteiger partial charge in [-0.25, -0.2) is 8.42 Å². The van der Waals surface area contributed by atoms with Gasteiger partial charge in [-0.15, -0.1) is 0 Å². The number of sulfonamides is 1. The fraction of sp³-hybridized carbons (Fsp3) is 0.450. The van der Waals surface area contributed by atoms with Crippen molar-refractivity contribution < 1.29 is 17.6 Å². The molecule has 0 spiro atoms. The summed E-state index contributed by atoms with van der Waals surface area (Å²) in [5, 5.41) is -0.148. The zero-order valence-electron chi connectivity index (χ0n) is 15.6. The predicted molar refractivity (Wildman–Crippen MR) is 103 cm³/mol. The van der Waals surface area contributed by atoms with Crippen LogP contribution < -0.4 is 0 Å². The Bertz CT molecular complexity index is 855. The number of benzene rings is 1. The van der Waals surface area contributed by atoms with E-state index in [0.717, 1.165) is 32.1 Å². The third-order valence-electron chi connectivity index (χ3n) is 4.85. The van der Waals surface area contributed by atoms with Crippen molar-refractivity contribution >= 4 is 15.9 Å². The van der Waals surface area contributed by atoms with E-state index >= 15 is 0 Å². The zero-order chi connectivity index (χ0) is 19.3. The Kier molecular flexibility index (Phi) is 6.34. The molecule has 0 N–H and O–H groups in total. The van der Waals surface area contributed by atoms with Crippen molar-refractivity contribution in [2.24, 2.45) is 0 Å². The summed E-state index contributed by atoms with van der Waals surface area (Å²) in [6.07, 6.45) is 4.46. The maximum absolute atomic E-state index is 12.6. The molecule has 1 saturated heterocycles. The summed E-state index contributed by atoms with van der Waals surface area (Å²) in [7, 11) is -1.95. The quantitative estimate of drug-likeness (QED) is 0.728. The van der Waals surface area contributed by atoms with Crippen LogP contribution in [0.1, 0.15) is 41.8 Å². The number of furan rings is 1. The lowest BCUT2D eigenvalue weighted by molar-refractivity contribution is 0.0756. The molecule has 0 saturated carbocycles. The van der Waals surface area contributed by atoms with E-state index in [1.165, 1.54) is 22.0 Å². The number of piperidine rings is 1. The van der Waals surface area contributed by atoms with Crippen LogP contribution in [0.25, 0.3) is 0 Å². The summed E-state index contributed by atoms with van der Waals surface area (Å²) < 4.78 is 32.1. The summed E-state index contributed by atoms with van der Waals surface area (Å²) >= 11 is 0. The second-order valence-corrected chi connectivity index (χ2v) is 8.77. The van der Waals surface area contributed by atoms with Gasteiger partial charge in [-0.05, 0) is 43.4 Å². The van der Waals surface area contributed by atoms with E-state index < -0.39 is 10.0 Å². The Morgan fingerprint density at radius 3 is 2.48 bits per heavy atom. The first-order valence-corrected chi connectivity index (χ1v) is 10.8. The molecule has 0 radical (unpaired) electrons. The predicted octanol–water partition coefficient (Wildman–Crippen LogP) is 3.16. The van der Waals surface area contributed by atoms with Gasteiger partial charge in [0.1, 0.15) is 0 Å². The van der Waals surface area contributed by atoms with Crippen molar-refractivity contribution in [2.45, 2.75) is 37.2 Å². The molecule has 1 aliphatic heterocycles. The highest BCUT2D eigenvalue weighted by Crippen LogP contribution is 2.23. The minimum absolute atomic E-state index is 0.0628. The molecule has 0 aliphatic carbocycles. The molecule has 146 valence electrons. The van der Waals surface area contributed by atoms with E-state index in [9.17, 15) is 13.2 Å². The highest BCUT2D eigenvalue weighted by atomic mass is 32.2. The topological polar surface area (TPSA) is 70.8 Å². The van der Waals surface area contributed by atoms with Gasteiger partial charge in [-0.3, -0.25) is 4.79 Å². The lowest BCUT2D eigenvalue weighted by Crippen LogP contribution is -2.35. The average molecular weight is 391 g/mol. The highest BCUT2D eigenvalue weighted by molar-refractivity contribution is 7.89. The Morgan fingerprint density at radius 2 is 1.78 bits per heavy atom. The Balaban J connectivity index is 1.58. The van der Waals surface area contributed by atoms with Gasteiger partial charge in [0.05, 0.1) is 0 Å². The molecule has 1 aromatic heterocycles. The van der Waals surface area contributed by atoms with E-state index in [2.05, 4.69) is 12.1 Å². The molecule has 2 aromatic rings. The molecule has 0 atom stereocenters. The van der Waals surface area contributed by atoms with Crippen LogP contribution in [0, 0.1) is 0 Å². The van der Waals surface area contributed by atoms with Gasteiger partial charge in [0, 0.05) is 26.7 Å². The second kappa shape index (κ2) is 8.71. The van der Waals surface area contributed by atoms with Crippen LogP contribution >= 0.6 is 0 Å². The van der Waals surface area contributed by atoms with Gasteiger partial charge in [0.15, 0.2) is 5.76 Å². The Labute approximate surface area is 160 Å². The first-order valence-electron chi connectivity index (χ1n) is 9.38. The maximum Gasteiger partial charge on any atom is 0.289 e. The van der Waals surface area contributed by atoms with Gasteiger partial charge in [0.25, 0.3) is 15.9 Å². The SMILES string of the molecule is CN(CCCc1ccccc1)C(=O)c1ccc(S(=O)(=O)N2CCCCC2)o1. The van der Waals surface area contributed by atoms with Crippen molar-refractivity contribution in [3.8, 4) is 0 Å². The summed E-state index contributed by atoms with van der Waals surface area (Å²) in [6, 6.07) is 12.9. The van der Waals surface area contributed by atoms with E-state index in [-0.39, 0.29) is 16.8 Å². The molecule has 1 amide bonds. The average Bonchev–Trinajstić information content (AvgIpc) is 3.20. The number of aryl methyl sites for hydroxylation is 1. The number of amides is 1. The molecule has 0 bridgehead atoms. The van der Waals surface area contributed by atoms with Crippen molar-refractivity contribution in [1.82, 2.24) is 9.21 Å². The van der Waals surface area contributed by atoms with Crippen molar-refractivity contribution in [3.63, 3.8) is 0 Å². The lowest BCUT2D eigenvalue weighted by atomic mass is 10.1. The van der Waals surface area contributed by atoms with Crippen LogP contribution in [0.5, 0.6) is 0 Å². The fourth-order valence-electron chi connectivity index (χ4n) is 3.26. The molecule has 3 rings (SSSR count). The molecule has 1 aromatic carbocycles. The van der Waals surface area contributed by atoms with Crippen LogP contribution in [0.15, 0.2) is 52.0 Å². The van der Waals surface area contributed by atoms with Gasteiger partial charge in [-0.2, -0.15) is 4.31 Å². The standard InChI is InChI=1S/C20H26N2O4S/c1-21(14-8-11-17-9-4-2-5-10-17)20(23)18-12-13-19(26-18)27(24,25)22-15-6-3-7-16-22/h2,4-5,9-10,12-13H,3,6-8,11,14-16H2,1H3. The minimum Gasteiger partial charge on any atom is -0.438 e. The second-order valence-electron chi connectivity index (χ2n) is 6.90. The normalized spacial score (nSPS) is 15.6. The molecule has 6 nitrogen and oxygen atoms in total. The van der Waals surface area contributed by atoms with Gasteiger partial charge < -0.3 is 9.32 Å². The molecular weight excluding hydrogens is 364 g/mol. The summed E-state index contributed by atoms with van der Waals surface area (Å²) in [5.74, 6) is -0.240. The highest BCUT2D eigenvalue weighted by Gasteiger charge is 2.30. The van der Waals surface area contributed by atoms with Crippen LogP contribution in [0.3, 0.4) is 0 Å². The Hall–Kier alpha value is -2.12. The molecular formula is C20H26N2O4S. The third-order valence-corrected chi connectivity index (χ3v) is 6.62. The van der Waals surface area contributed by atoms with E-state index in [4.69, 9.17) is 4.42 Å². The number of rotatable bonds is 7. The summed E-state index contributed by atoms with van der Waals surface area (Å²) in [6.45, 7) is 1.58. The number of carbonyl (C=O) groups is 1. The first-order chi connectivity index (χ1) is 13.0. The minimum atomic E-state index is -3.66. The number of nitrogens with zero attached hydrogens (tertiary/aromatic N) is 2. The first kappa shape index (κ1) is 19.6. The number of hydrogen-bond donors (Lipinski definition) is 0. The zero-order valence-corrected chi connectivity index (χ0v) is 16.5. The summed E-state index contributed by atoms with van der Waals surface area (Å²) in [4.78, 5) is 14.1. The smallest absolute Gasteiger partial charge is 0.289 e. The van der Waals surface area contributed by atoms with Crippen LogP contribution in [-0.4, -0.2) is 50.2 Å². The molecule has 1 fully saturated rings. The van der Waals surface area contributed by atoms with Gasteiger partial charge in [-0.1, -0.05) is 36.8 Å². The Morgan fingerprint density at radius 1 is 1.07 bits per heavy atom. The van der Waals surface area contributed by atoms with Crippen LogP contribution in [0.2, 0.25) is 0 Å².